The highest BCUT2D eigenvalue weighted by molar-refractivity contribution is 5.78. The number of ether oxygens (including phenoxy) is 3. The zero-order chi connectivity index (χ0) is 21.8. The molecular formula is C22H25N5O4. The van der Waals surface area contributed by atoms with Gasteiger partial charge in [0.2, 0.25) is 5.91 Å². The highest BCUT2D eigenvalue weighted by Crippen LogP contribution is 2.38. The highest BCUT2D eigenvalue weighted by atomic mass is 16.5. The number of carbonyl (C=O) groups is 1. The van der Waals surface area contributed by atoms with Crippen LogP contribution in [0, 0.1) is 0 Å². The van der Waals surface area contributed by atoms with E-state index >= 15 is 0 Å². The van der Waals surface area contributed by atoms with Gasteiger partial charge in [-0.2, -0.15) is 0 Å². The highest BCUT2D eigenvalue weighted by Gasteiger charge is 2.36. The molecule has 9 heteroatoms. The molecule has 4 rings (SSSR count). The number of pyridine rings is 1. The summed E-state index contributed by atoms with van der Waals surface area (Å²) in [5.74, 6) is 2.15. The second-order valence-electron chi connectivity index (χ2n) is 7.12. The fourth-order valence-electron chi connectivity index (χ4n) is 3.63. The number of rotatable bonds is 7. The van der Waals surface area contributed by atoms with Crippen LogP contribution in [0.3, 0.4) is 0 Å². The lowest BCUT2D eigenvalue weighted by Gasteiger charge is -2.32. The van der Waals surface area contributed by atoms with Gasteiger partial charge in [-0.3, -0.25) is 9.78 Å². The number of nitrogens with one attached hydrogen (secondary N) is 1. The number of amides is 1. The van der Waals surface area contributed by atoms with Crippen molar-refractivity contribution in [1.29, 1.82) is 0 Å². The van der Waals surface area contributed by atoms with Crippen molar-refractivity contribution in [2.45, 2.75) is 32.0 Å². The average molecular weight is 423 g/mol. The lowest BCUT2D eigenvalue weighted by atomic mass is 9.98. The second kappa shape index (κ2) is 9.13. The summed E-state index contributed by atoms with van der Waals surface area (Å²) in [4.78, 5) is 21.3. The summed E-state index contributed by atoms with van der Waals surface area (Å²) in [5, 5.41) is 7.69. The number of methoxy groups -OCH3 is 2. The normalized spacial score (nSPS) is 18.5. The molecular weight excluding hydrogens is 398 g/mol. The maximum atomic E-state index is 12.2. The third kappa shape index (κ3) is 4.22. The van der Waals surface area contributed by atoms with Crippen molar-refractivity contribution in [2.75, 3.05) is 20.8 Å². The monoisotopic (exact) mass is 423 g/mol. The van der Waals surface area contributed by atoms with E-state index < -0.39 is 12.1 Å². The van der Waals surface area contributed by atoms with Crippen LogP contribution in [0.1, 0.15) is 36.9 Å². The first kappa shape index (κ1) is 20.8. The number of hydrogen-bond acceptors (Lipinski definition) is 7. The minimum Gasteiger partial charge on any atom is -0.493 e. The molecule has 3 heterocycles. The molecule has 1 N–H and O–H groups in total. The summed E-state index contributed by atoms with van der Waals surface area (Å²) >= 11 is 0. The van der Waals surface area contributed by atoms with Gasteiger partial charge in [0.15, 0.2) is 23.1 Å². The van der Waals surface area contributed by atoms with Crippen LogP contribution in [0.25, 0.3) is 11.5 Å². The van der Waals surface area contributed by atoms with E-state index in [2.05, 4.69) is 22.3 Å². The predicted octanol–water partition coefficient (Wildman–Crippen LogP) is 2.70. The van der Waals surface area contributed by atoms with E-state index in [0.29, 0.717) is 35.4 Å². The molecule has 1 aromatic carbocycles. The quantitative estimate of drug-likeness (QED) is 0.624. The predicted molar refractivity (Wildman–Crippen MR) is 113 cm³/mol. The third-order valence-electron chi connectivity index (χ3n) is 5.06. The molecule has 0 unspecified atom stereocenters. The molecule has 0 radical (unpaired) electrons. The van der Waals surface area contributed by atoms with E-state index in [1.165, 1.54) is 0 Å². The van der Waals surface area contributed by atoms with Crippen molar-refractivity contribution >= 4 is 5.91 Å². The largest absolute Gasteiger partial charge is 0.493 e. The molecule has 1 fully saturated rings. The first-order valence-electron chi connectivity index (χ1n) is 10.1. The van der Waals surface area contributed by atoms with Gasteiger partial charge in [0, 0.05) is 12.7 Å². The number of aromatic nitrogens is 4. The zero-order valence-electron chi connectivity index (χ0n) is 17.7. The van der Waals surface area contributed by atoms with E-state index in [1.54, 1.807) is 20.4 Å². The molecule has 31 heavy (non-hydrogen) atoms. The van der Waals surface area contributed by atoms with Crippen molar-refractivity contribution < 1.29 is 19.0 Å². The van der Waals surface area contributed by atoms with E-state index in [9.17, 15) is 4.79 Å². The minimum atomic E-state index is -0.521. The molecule has 1 saturated heterocycles. The number of benzene rings is 1. The molecule has 2 aromatic heterocycles. The van der Waals surface area contributed by atoms with Crippen LogP contribution < -0.4 is 14.8 Å². The zero-order valence-corrected chi connectivity index (χ0v) is 17.7. The van der Waals surface area contributed by atoms with E-state index in [0.717, 1.165) is 12.0 Å². The number of aryl methyl sites for hydroxylation is 1. The lowest BCUT2D eigenvalue weighted by Crippen LogP contribution is -2.42. The van der Waals surface area contributed by atoms with Gasteiger partial charge in [-0.15, -0.1) is 5.10 Å². The Morgan fingerprint density at radius 2 is 2.03 bits per heavy atom. The first-order valence-corrected chi connectivity index (χ1v) is 10.1. The van der Waals surface area contributed by atoms with Gasteiger partial charge in [0.1, 0.15) is 18.4 Å². The molecule has 0 aliphatic carbocycles. The smallest absolute Gasteiger partial charge is 0.246 e. The van der Waals surface area contributed by atoms with Crippen LogP contribution in [0.5, 0.6) is 11.5 Å². The Kier molecular flexibility index (Phi) is 6.13. The van der Waals surface area contributed by atoms with Gasteiger partial charge in [0.05, 0.1) is 20.3 Å². The summed E-state index contributed by atoms with van der Waals surface area (Å²) in [5.41, 5.74) is 1.50. The van der Waals surface area contributed by atoms with Gasteiger partial charge in [0.25, 0.3) is 0 Å². The van der Waals surface area contributed by atoms with Crippen LogP contribution in [0.4, 0.5) is 0 Å². The van der Waals surface area contributed by atoms with E-state index in [-0.39, 0.29) is 12.5 Å². The van der Waals surface area contributed by atoms with Gasteiger partial charge < -0.3 is 19.5 Å². The average Bonchev–Trinajstić information content (AvgIpc) is 3.23. The maximum Gasteiger partial charge on any atom is 0.246 e. The standard InChI is InChI=1S/C22H25N5O4/c1-4-11-27-22(25-21(26-27)15-7-5-6-10-23-15)20-19(24-18(28)13-31-20)14-8-9-16(29-2)17(12-14)30-3/h5-10,12,19-20H,4,11,13H2,1-3H3,(H,24,28)/t19-,20+/m1/s1. The molecule has 1 amide bonds. The number of nitrogens with zero attached hydrogens (tertiary/aromatic N) is 4. The fourth-order valence-corrected chi connectivity index (χ4v) is 3.63. The minimum absolute atomic E-state index is 0.0492. The molecule has 0 bridgehead atoms. The van der Waals surface area contributed by atoms with Crippen molar-refractivity contribution in [1.82, 2.24) is 25.1 Å². The van der Waals surface area contributed by atoms with Gasteiger partial charge in [-0.05, 0) is 36.2 Å². The Bertz CT molecular complexity index is 1050. The number of carbonyl (C=O) groups excluding carboxylic acids is 1. The molecule has 3 aromatic rings. The van der Waals surface area contributed by atoms with Gasteiger partial charge in [-0.25, -0.2) is 9.67 Å². The number of hydrogen-bond donors (Lipinski definition) is 1. The van der Waals surface area contributed by atoms with Crippen LogP contribution in [-0.4, -0.2) is 46.5 Å². The maximum absolute atomic E-state index is 12.2. The summed E-state index contributed by atoms with van der Waals surface area (Å²) in [7, 11) is 3.16. The van der Waals surface area contributed by atoms with Crippen LogP contribution in [-0.2, 0) is 16.1 Å². The molecule has 0 spiro atoms. The third-order valence-corrected chi connectivity index (χ3v) is 5.06. The summed E-state index contributed by atoms with van der Waals surface area (Å²) in [6.07, 6.45) is 2.06. The molecule has 1 aliphatic rings. The van der Waals surface area contributed by atoms with Gasteiger partial charge >= 0.3 is 0 Å². The Morgan fingerprint density at radius 1 is 1.19 bits per heavy atom. The van der Waals surface area contributed by atoms with Crippen molar-refractivity contribution in [3.8, 4) is 23.0 Å². The lowest BCUT2D eigenvalue weighted by molar-refractivity contribution is -0.138. The van der Waals surface area contributed by atoms with Crippen LogP contribution >= 0.6 is 0 Å². The molecule has 2 atom stereocenters. The molecule has 9 nitrogen and oxygen atoms in total. The molecule has 0 saturated carbocycles. The van der Waals surface area contributed by atoms with Crippen molar-refractivity contribution in [3.05, 3.63) is 54.0 Å². The fraction of sp³-hybridized carbons (Fsp3) is 0.364. The number of morpholine rings is 1. The Balaban J connectivity index is 1.76. The molecule has 1 aliphatic heterocycles. The van der Waals surface area contributed by atoms with Crippen molar-refractivity contribution in [2.24, 2.45) is 0 Å². The van der Waals surface area contributed by atoms with Crippen LogP contribution in [0.2, 0.25) is 0 Å². The Labute approximate surface area is 180 Å². The SMILES string of the molecule is CCCn1nc(-c2ccccn2)nc1[C@H]1OCC(=O)N[C@@H]1c1ccc(OC)c(OC)c1. The van der Waals surface area contributed by atoms with E-state index in [4.69, 9.17) is 19.2 Å². The summed E-state index contributed by atoms with van der Waals surface area (Å²) < 4.78 is 18.6. The van der Waals surface area contributed by atoms with Gasteiger partial charge in [-0.1, -0.05) is 19.1 Å². The molecule has 162 valence electrons. The Hall–Kier alpha value is -3.46. The topological polar surface area (TPSA) is 100 Å². The second-order valence-corrected chi connectivity index (χ2v) is 7.12. The summed E-state index contributed by atoms with van der Waals surface area (Å²) in [6, 6.07) is 10.7. The van der Waals surface area contributed by atoms with E-state index in [1.807, 2.05) is 41.1 Å². The summed E-state index contributed by atoms with van der Waals surface area (Å²) in [6.45, 7) is 2.69. The Morgan fingerprint density at radius 3 is 2.74 bits per heavy atom. The van der Waals surface area contributed by atoms with Crippen molar-refractivity contribution in [3.63, 3.8) is 0 Å². The van der Waals surface area contributed by atoms with Crippen LogP contribution in [0.15, 0.2) is 42.6 Å². The first-order chi connectivity index (χ1) is 15.1.